The highest BCUT2D eigenvalue weighted by atomic mass is 32.2. The maximum Gasteiger partial charge on any atom is 0.341 e. The molecule has 0 heterocycles. The average Bonchev–Trinajstić information content (AvgIpc) is 2.34. The fourth-order valence-corrected chi connectivity index (χ4v) is 2.11. The number of aliphatic carboxylic acids is 1. The summed E-state index contributed by atoms with van der Waals surface area (Å²) in [7, 11) is -4.23. The van der Waals surface area contributed by atoms with Gasteiger partial charge in [-0.05, 0) is 35.0 Å². The van der Waals surface area contributed by atoms with Crippen molar-refractivity contribution in [1.29, 1.82) is 0 Å². The molecule has 0 unspecified atom stereocenters. The summed E-state index contributed by atoms with van der Waals surface area (Å²) in [5.74, 6) is -0.712. The van der Waals surface area contributed by atoms with E-state index in [1.165, 1.54) is 24.3 Å². The first-order valence-corrected chi connectivity index (χ1v) is 6.66. The zero-order valence-electron chi connectivity index (χ0n) is 9.61. The highest BCUT2D eigenvalue weighted by Crippen LogP contribution is 2.23. The molecule has 0 aromatic heterocycles. The van der Waals surface area contributed by atoms with Crippen molar-refractivity contribution in [3.05, 3.63) is 36.4 Å². The lowest BCUT2D eigenvalue weighted by Gasteiger charge is -2.05. The number of benzene rings is 2. The predicted octanol–water partition coefficient (Wildman–Crippen LogP) is 1.55. The Bertz CT molecular complexity index is 735. The van der Waals surface area contributed by atoms with Gasteiger partial charge in [0.05, 0.1) is 4.90 Å². The van der Waals surface area contributed by atoms with Gasteiger partial charge in [-0.3, -0.25) is 4.55 Å². The third kappa shape index (κ3) is 3.21. The van der Waals surface area contributed by atoms with Gasteiger partial charge >= 0.3 is 5.97 Å². The summed E-state index contributed by atoms with van der Waals surface area (Å²) in [6.07, 6.45) is 0. The Balaban J connectivity index is 2.38. The molecule has 0 radical (unpaired) electrons. The van der Waals surface area contributed by atoms with Crippen LogP contribution in [0.15, 0.2) is 41.3 Å². The van der Waals surface area contributed by atoms with Crippen LogP contribution in [0.4, 0.5) is 0 Å². The fraction of sp³-hybridized carbons (Fsp3) is 0.0833. The Kier molecular flexibility index (Phi) is 3.41. The molecule has 0 bridgehead atoms. The van der Waals surface area contributed by atoms with E-state index in [1.807, 2.05) is 0 Å². The number of carbonyl (C=O) groups is 1. The minimum absolute atomic E-state index is 0.195. The molecule has 0 aliphatic heterocycles. The summed E-state index contributed by atoms with van der Waals surface area (Å²) in [6, 6.07) is 8.79. The minimum Gasteiger partial charge on any atom is -0.482 e. The third-order valence-corrected chi connectivity index (χ3v) is 3.29. The van der Waals surface area contributed by atoms with Gasteiger partial charge in [-0.15, -0.1) is 0 Å². The Hall–Kier alpha value is -2.12. The van der Waals surface area contributed by atoms with Crippen molar-refractivity contribution in [2.45, 2.75) is 4.90 Å². The van der Waals surface area contributed by atoms with Crippen molar-refractivity contribution in [2.75, 3.05) is 6.61 Å². The van der Waals surface area contributed by atoms with Gasteiger partial charge in [-0.25, -0.2) is 4.79 Å². The van der Waals surface area contributed by atoms with Crippen LogP contribution in [0.2, 0.25) is 0 Å². The normalized spacial score (nSPS) is 11.4. The first-order chi connectivity index (χ1) is 8.86. The molecule has 0 saturated heterocycles. The summed E-state index contributed by atoms with van der Waals surface area (Å²) in [5.41, 5.74) is 0. The van der Waals surface area contributed by atoms with Gasteiger partial charge in [0.25, 0.3) is 10.1 Å². The Morgan fingerprint density at radius 3 is 2.37 bits per heavy atom. The molecule has 0 amide bonds. The molecule has 0 saturated carbocycles. The zero-order valence-corrected chi connectivity index (χ0v) is 10.4. The van der Waals surface area contributed by atoms with E-state index in [9.17, 15) is 13.2 Å². The summed E-state index contributed by atoms with van der Waals surface area (Å²) in [6.45, 7) is -0.450. The minimum atomic E-state index is -4.23. The van der Waals surface area contributed by atoms with Crippen LogP contribution in [0.3, 0.4) is 0 Å². The van der Waals surface area contributed by atoms with Crippen LogP contribution in [0.1, 0.15) is 0 Å². The second-order valence-electron chi connectivity index (χ2n) is 3.83. The van der Waals surface area contributed by atoms with E-state index in [1.54, 1.807) is 12.1 Å². The standard InChI is InChI=1S/C12H10O6S/c13-12(14)7-18-10-3-1-9-6-11(19(15,16)17)4-2-8(9)5-10/h1-6H,7H2,(H,13,14)(H,15,16,17). The molecule has 2 aromatic carbocycles. The lowest BCUT2D eigenvalue weighted by atomic mass is 10.1. The van der Waals surface area contributed by atoms with Gasteiger partial charge in [-0.1, -0.05) is 12.1 Å². The van der Waals surface area contributed by atoms with E-state index in [0.29, 0.717) is 16.5 Å². The highest BCUT2D eigenvalue weighted by molar-refractivity contribution is 7.85. The predicted molar refractivity (Wildman–Crippen MR) is 66.9 cm³/mol. The molecule has 7 heteroatoms. The number of ether oxygens (including phenoxy) is 1. The molecule has 0 aliphatic rings. The smallest absolute Gasteiger partial charge is 0.341 e. The monoisotopic (exact) mass is 282 g/mol. The molecule has 0 spiro atoms. The van der Waals surface area contributed by atoms with Crippen molar-refractivity contribution in [3.63, 3.8) is 0 Å². The zero-order chi connectivity index (χ0) is 14.0. The maximum absolute atomic E-state index is 11.0. The van der Waals surface area contributed by atoms with Crippen molar-refractivity contribution >= 4 is 26.9 Å². The van der Waals surface area contributed by atoms with Crippen LogP contribution in [0, 0.1) is 0 Å². The first kappa shape index (κ1) is 13.3. The Labute approximate surface area is 109 Å². The van der Waals surface area contributed by atoms with Gasteiger partial charge in [0, 0.05) is 0 Å². The lowest BCUT2D eigenvalue weighted by Crippen LogP contribution is -2.09. The summed E-state index contributed by atoms with van der Waals surface area (Å²) >= 11 is 0. The molecule has 0 atom stereocenters. The second-order valence-corrected chi connectivity index (χ2v) is 5.25. The van der Waals surface area contributed by atoms with Gasteiger partial charge in [-0.2, -0.15) is 8.42 Å². The molecular formula is C12H10O6S. The molecular weight excluding hydrogens is 272 g/mol. The molecule has 100 valence electrons. The van der Waals surface area contributed by atoms with Crippen LogP contribution in [-0.4, -0.2) is 30.7 Å². The van der Waals surface area contributed by atoms with Crippen LogP contribution in [-0.2, 0) is 14.9 Å². The van der Waals surface area contributed by atoms with Gasteiger partial charge in [0.15, 0.2) is 6.61 Å². The van der Waals surface area contributed by atoms with Crippen LogP contribution in [0.25, 0.3) is 10.8 Å². The molecule has 6 nitrogen and oxygen atoms in total. The summed E-state index contributed by atoms with van der Waals surface area (Å²) < 4.78 is 35.9. The maximum atomic E-state index is 11.0. The highest BCUT2D eigenvalue weighted by Gasteiger charge is 2.10. The first-order valence-electron chi connectivity index (χ1n) is 5.22. The van der Waals surface area contributed by atoms with Crippen LogP contribution in [0.5, 0.6) is 5.75 Å². The van der Waals surface area contributed by atoms with E-state index in [-0.39, 0.29) is 4.90 Å². The number of fused-ring (bicyclic) bond motifs is 1. The van der Waals surface area contributed by atoms with E-state index in [2.05, 4.69) is 0 Å². The number of rotatable bonds is 4. The van der Waals surface area contributed by atoms with E-state index in [4.69, 9.17) is 14.4 Å². The number of carboxylic acid groups (broad SMARTS) is 1. The SMILES string of the molecule is O=C(O)COc1ccc2cc(S(=O)(=O)O)ccc2c1. The number of carboxylic acids is 1. The lowest BCUT2D eigenvalue weighted by molar-refractivity contribution is -0.139. The molecule has 0 fully saturated rings. The number of hydrogen-bond donors (Lipinski definition) is 2. The molecule has 0 aliphatic carbocycles. The van der Waals surface area contributed by atoms with E-state index >= 15 is 0 Å². The third-order valence-electron chi connectivity index (χ3n) is 2.44. The van der Waals surface area contributed by atoms with Crippen molar-refractivity contribution in [1.82, 2.24) is 0 Å². The van der Waals surface area contributed by atoms with Gasteiger partial charge in [0.1, 0.15) is 5.75 Å². The largest absolute Gasteiger partial charge is 0.482 e. The van der Waals surface area contributed by atoms with Crippen molar-refractivity contribution < 1.29 is 27.6 Å². The van der Waals surface area contributed by atoms with Gasteiger partial charge in [0.2, 0.25) is 0 Å². The van der Waals surface area contributed by atoms with Crippen molar-refractivity contribution in [2.24, 2.45) is 0 Å². The Morgan fingerprint density at radius 2 is 1.74 bits per heavy atom. The van der Waals surface area contributed by atoms with Gasteiger partial charge < -0.3 is 9.84 Å². The molecule has 2 N–H and O–H groups in total. The van der Waals surface area contributed by atoms with E-state index in [0.717, 1.165) is 0 Å². The topological polar surface area (TPSA) is 101 Å². The molecule has 2 rings (SSSR count). The second kappa shape index (κ2) is 4.87. The van der Waals surface area contributed by atoms with E-state index < -0.39 is 22.7 Å². The molecule has 2 aromatic rings. The average molecular weight is 282 g/mol. The fourth-order valence-electron chi connectivity index (χ4n) is 1.60. The molecule has 19 heavy (non-hydrogen) atoms. The summed E-state index contributed by atoms with van der Waals surface area (Å²) in [5, 5.41) is 9.77. The van der Waals surface area contributed by atoms with Crippen LogP contribution < -0.4 is 4.74 Å². The Morgan fingerprint density at radius 1 is 1.11 bits per heavy atom. The summed E-state index contributed by atoms with van der Waals surface area (Å²) in [4.78, 5) is 10.2. The van der Waals surface area contributed by atoms with Crippen molar-refractivity contribution in [3.8, 4) is 5.75 Å². The quantitative estimate of drug-likeness (QED) is 0.825. The van der Waals surface area contributed by atoms with Crippen LogP contribution >= 0.6 is 0 Å². The number of hydrogen-bond acceptors (Lipinski definition) is 4.